The SMILES string of the molecule is CC(C)CCCC(C)NC(=O)Cc1ccc(Cl)cc1. The maximum absolute atomic E-state index is 11.9. The molecule has 1 rings (SSSR count). The molecule has 0 fully saturated rings. The quantitative estimate of drug-likeness (QED) is 0.797. The first-order valence-corrected chi connectivity index (χ1v) is 7.39. The monoisotopic (exact) mass is 281 g/mol. The van der Waals surface area contributed by atoms with E-state index in [1.165, 1.54) is 12.8 Å². The van der Waals surface area contributed by atoms with Crippen molar-refractivity contribution >= 4 is 17.5 Å². The Morgan fingerprint density at radius 3 is 2.37 bits per heavy atom. The number of benzene rings is 1. The second-order valence-electron chi connectivity index (χ2n) is 5.60. The highest BCUT2D eigenvalue weighted by Gasteiger charge is 2.08. The Balaban J connectivity index is 2.28. The summed E-state index contributed by atoms with van der Waals surface area (Å²) in [6.07, 6.45) is 3.85. The summed E-state index contributed by atoms with van der Waals surface area (Å²) in [5, 5.41) is 3.74. The topological polar surface area (TPSA) is 29.1 Å². The van der Waals surface area contributed by atoms with Crippen molar-refractivity contribution in [3.05, 3.63) is 34.9 Å². The van der Waals surface area contributed by atoms with Crippen molar-refractivity contribution in [3.63, 3.8) is 0 Å². The van der Waals surface area contributed by atoms with E-state index in [2.05, 4.69) is 26.1 Å². The minimum Gasteiger partial charge on any atom is -0.353 e. The maximum Gasteiger partial charge on any atom is 0.224 e. The first-order chi connectivity index (χ1) is 8.97. The molecule has 1 unspecified atom stereocenters. The van der Waals surface area contributed by atoms with Gasteiger partial charge in [-0.15, -0.1) is 0 Å². The van der Waals surface area contributed by atoms with Crippen molar-refractivity contribution in [3.8, 4) is 0 Å². The zero-order valence-corrected chi connectivity index (χ0v) is 12.8. The van der Waals surface area contributed by atoms with Crippen LogP contribution in [0, 0.1) is 5.92 Å². The van der Waals surface area contributed by atoms with Crippen LogP contribution in [0.25, 0.3) is 0 Å². The molecule has 1 aromatic rings. The van der Waals surface area contributed by atoms with Crippen LogP contribution < -0.4 is 5.32 Å². The van der Waals surface area contributed by atoms with Gasteiger partial charge in [0.15, 0.2) is 0 Å². The van der Waals surface area contributed by atoms with Gasteiger partial charge in [0, 0.05) is 11.1 Å². The molecule has 3 heteroatoms. The number of amides is 1. The number of hydrogen-bond acceptors (Lipinski definition) is 1. The van der Waals surface area contributed by atoms with Gasteiger partial charge in [0.2, 0.25) is 5.91 Å². The van der Waals surface area contributed by atoms with E-state index < -0.39 is 0 Å². The van der Waals surface area contributed by atoms with Crippen LogP contribution in [0.3, 0.4) is 0 Å². The van der Waals surface area contributed by atoms with E-state index >= 15 is 0 Å². The van der Waals surface area contributed by atoms with Crippen LogP contribution in [0.4, 0.5) is 0 Å². The predicted octanol–water partition coefficient (Wildman–Crippen LogP) is 4.21. The lowest BCUT2D eigenvalue weighted by molar-refractivity contribution is -0.121. The van der Waals surface area contributed by atoms with E-state index in [9.17, 15) is 4.79 Å². The minimum absolute atomic E-state index is 0.0827. The van der Waals surface area contributed by atoms with Gasteiger partial charge in [0.1, 0.15) is 0 Å². The highest BCUT2D eigenvalue weighted by molar-refractivity contribution is 6.30. The summed E-state index contributed by atoms with van der Waals surface area (Å²) >= 11 is 5.81. The fourth-order valence-corrected chi connectivity index (χ4v) is 2.14. The van der Waals surface area contributed by atoms with Gasteiger partial charge in [-0.2, -0.15) is 0 Å². The highest BCUT2D eigenvalue weighted by atomic mass is 35.5. The third kappa shape index (κ3) is 7.22. The van der Waals surface area contributed by atoms with Gasteiger partial charge < -0.3 is 5.32 Å². The largest absolute Gasteiger partial charge is 0.353 e. The van der Waals surface area contributed by atoms with E-state index in [0.717, 1.165) is 17.9 Å². The Labute approximate surface area is 121 Å². The first kappa shape index (κ1) is 16.0. The number of hydrogen-bond donors (Lipinski definition) is 1. The summed E-state index contributed by atoms with van der Waals surface area (Å²) in [5.41, 5.74) is 0.997. The van der Waals surface area contributed by atoms with Crippen LogP contribution in [-0.4, -0.2) is 11.9 Å². The molecule has 19 heavy (non-hydrogen) atoms. The van der Waals surface area contributed by atoms with Gasteiger partial charge in [-0.3, -0.25) is 4.79 Å². The number of carbonyl (C=O) groups is 1. The Morgan fingerprint density at radius 2 is 1.79 bits per heavy atom. The molecule has 0 saturated heterocycles. The molecule has 0 spiro atoms. The summed E-state index contributed by atoms with van der Waals surface area (Å²) in [5.74, 6) is 0.816. The molecule has 0 aliphatic carbocycles. The molecule has 106 valence electrons. The second-order valence-corrected chi connectivity index (χ2v) is 6.03. The Morgan fingerprint density at radius 1 is 1.16 bits per heavy atom. The molecule has 2 nitrogen and oxygen atoms in total. The molecule has 0 bridgehead atoms. The molecule has 1 aromatic carbocycles. The van der Waals surface area contributed by atoms with E-state index in [0.29, 0.717) is 11.4 Å². The van der Waals surface area contributed by atoms with Gasteiger partial charge in [-0.25, -0.2) is 0 Å². The molecular formula is C16H24ClNO. The third-order valence-corrected chi connectivity index (χ3v) is 3.36. The molecule has 0 radical (unpaired) electrons. The fraction of sp³-hybridized carbons (Fsp3) is 0.562. The summed E-state index contributed by atoms with van der Waals surface area (Å²) in [4.78, 5) is 11.9. The van der Waals surface area contributed by atoms with Crippen molar-refractivity contribution in [1.29, 1.82) is 0 Å². The first-order valence-electron chi connectivity index (χ1n) is 7.01. The van der Waals surface area contributed by atoms with Gasteiger partial charge in [-0.05, 0) is 37.0 Å². The standard InChI is InChI=1S/C16H24ClNO/c1-12(2)5-4-6-13(3)18-16(19)11-14-7-9-15(17)10-8-14/h7-10,12-13H,4-6,11H2,1-3H3,(H,18,19). The van der Waals surface area contributed by atoms with E-state index in [4.69, 9.17) is 11.6 Å². The molecule has 0 heterocycles. The molecular weight excluding hydrogens is 258 g/mol. The third-order valence-electron chi connectivity index (χ3n) is 3.10. The van der Waals surface area contributed by atoms with Gasteiger partial charge in [-0.1, -0.05) is 50.4 Å². The summed E-state index contributed by atoms with van der Waals surface area (Å²) < 4.78 is 0. The molecule has 0 aliphatic heterocycles. The van der Waals surface area contributed by atoms with Crippen molar-refractivity contribution in [2.45, 2.75) is 52.5 Å². The van der Waals surface area contributed by atoms with Crippen LogP contribution in [0.1, 0.15) is 45.6 Å². The van der Waals surface area contributed by atoms with Crippen molar-refractivity contribution < 1.29 is 4.79 Å². The van der Waals surface area contributed by atoms with Crippen LogP contribution in [-0.2, 0) is 11.2 Å². The number of nitrogens with one attached hydrogen (secondary N) is 1. The van der Waals surface area contributed by atoms with Crippen molar-refractivity contribution in [2.24, 2.45) is 5.92 Å². The lowest BCUT2D eigenvalue weighted by Crippen LogP contribution is -2.33. The van der Waals surface area contributed by atoms with E-state index in [1.807, 2.05) is 24.3 Å². The zero-order chi connectivity index (χ0) is 14.3. The maximum atomic E-state index is 11.9. The molecule has 1 N–H and O–H groups in total. The van der Waals surface area contributed by atoms with Crippen LogP contribution in [0.2, 0.25) is 5.02 Å². The highest BCUT2D eigenvalue weighted by Crippen LogP contribution is 2.11. The smallest absolute Gasteiger partial charge is 0.224 e. The second kappa shape index (κ2) is 8.21. The van der Waals surface area contributed by atoms with E-state index in [-0.39, 0.29) is 11.9 Å². The number of carbonyl (C=O) groups excluding carboxylic acids is 1. The van der Waals surface area contributed by atoms with Gasteiger partial charge >= 0.3 is 0 Å². The molecule has 0 aliphatic rings. The van der Waals surface area contributed by atoms with E-state index in [1.54, 1.807) is 0 Å². The van der Waals surface area contributed by atoms with Crippen LogP contribution >= 0.6 is 11.6 Å². The zero-order valence-electron chi connectivity index (χ0n) is 12.1. The number of halogens is 1. The number of rotatable bonds is 7. The summed E-state index contributed by atoms with van der Waals surface area (Å²) in [7, 11) is 0. The Hall–Kier alpha value is -1.02. The summed E-state index contributed by atoms with van der Waals surface area (Å²) in [6.45, 7) is 6.52. The fourth-order valence-electron chi connectivity index (χ4n) is 2.02. The average Bonchev–Trinajstić information content (AvgIpc) is 2.31. The lowest BCUT2D eigenvalue weighted by Gasteiger charge is -2.14. The molecule has 1 amide bonds. The Bertz CT molecular complexity index is 386. The van der Waals surface area contributed by atoms with Crippen LogP contribution in [0.15, 0.2) is 24.3 Å². The molecule has 1 atom stereocenters. The molecule has 0 saturated carbocycles. The summed E-state index contributed by atoms with van der Waals surface area (Å²) in [6, 6.07) is 7.67. The van der Waals surface area contributed by atoms with Crippen LogP contribution in [0.5, 0.6) is 0 Å². The molecule has 0 aromatic heterocycles. The minimum atomic E-state index is 0.0827. The van der Waals surface area contributed by atoms with Gasteiger partial charge in [0.25, 0.3) is 0 Å². The predicted molar refractivity (Wildman–Crippen MR) is 81.4 cm³/mol. The van der Waals surface area contributed by atoms with Crippen molar-refractivity contribution in [2.75, 3.05) is 0 Å². The Kier molecular flexibility index (Phi) is 6.93. The van der Waals surface area contributed by atoms with Crippen molar-refractivity contribution in [1.82, 2.24) is 5.32 Å². The van der Waals surface area contributed by atoms with Gasteiger partial charge in [0.05, 0.1) is 6.42 Å². The normalized spacial score (nSPS) is 12.5. The average molecular weight is 282 g/mol. The lowest BCUT2D eigenvalue weighted by atomic mass is 10.0.